The Hall–Kier alpha value is -0.990. The van der Waals surface area contributed by atoms with Gasteiger partial charge in [0.05, 0.1) is 0 Å². The molecular formula is C17H33IN4O2. The molecule has 0 fully saturated rings. The van der Waals surface area contributed by atoms with Crippen LogP contribution in [0.4, 0.5) is 4.79 Å². The number of amides is 1. The molecule has 0 spiro atoms. The lowest BCUT2D eigenvalue weighted by Crippen LogP contribution is -2.45. The third kappa shape index (κ3) is 9.34. The molecule has 6 nitrogen and oxygen atoms in total. The first-order chi connectivity index (χ1) is 10.7. The fourth-order valence-electron chi connectivity index (χ4n) is 2.34. The van der Waals surface area contributed by atoms with Gasteiger partial charge in [-0.3, -0.25) is 4.99 Å². The second kappa shape index (κ2) is 10.8. The molecule has 1 atom stereocenters. The molecule has 0 aromatic carbocycles. The van der Waals surface area contributed by atoms with Crippen molar-refractivity contribution in [2.75, 3.05) is 27.2 Å². The first-order valence-electron chi connectivity index (χ1n) is 8.27. The van der Waals surface area contributed by atoms with Gasteiger partial charge in [-0.1, -0.05) is 19.1 Å². The molecule has 0 saturated heterocycles. The van der Waals surface area contributed by atoms with Crippen molar-refractivity contribution >= 4 is 36.0 Å². The number of carbonyl (C=O) groups excluding carboxylic acids is 1. The molecule has 0 aromatic rings. The summed E-state index contributed by atoms with van der Waals surface area (Å²) in [6.07, 6.45) is 6.16. The van der Waals surface area contributed by atoms with E-state index >= 15 is 0 Å². The quantitative estimate of drug-likeness (QED) is 0.291. The Morgan fingerprint density at radius 2 is 1.96 bits per heavy atom. The van der Waals surface area contributed by atoms with Crippen LogP contribution in [0.25, 0.3) is 0 Å². The van der Waals surface area contributed by atoms with Gasteiger partial charge < -0.3 is 20.3 Å². The molecule has 0 aliphatic heterocycles. The summed E-state index contributed by atoms with van der Waals surface area (Å²) in [4.78, 5) is 17.8. The van der Waals surface area contributed by atoms with Gasteiger partial charge in [0.25, 0.3) is 0 Å². The van der Waals surface area contributed by atoms with Crippen LogP contribution in [0.3, 0.4) is 0 Å². The molecular weight excluding hydrogens is 419 g/mol. The van der Waals surface area contributed by atoms with Gasteiger partial charge in [-0.2, -0.15) is 0 Å². The summed E-state index contributed by atoms with van der Waals surface area (Å²) < 4.78 is 5.36. The Balaban J connectivity index is 0.00000529. The second-order valence-electron chi connectivity index (χ2n) is 7.20. The van der Waals surface area contributed by atoms with Crippen LogP contribution in [0, 0.1) is 5.92 Å². The van der Waals surface area contributed by atoms with Crippen LogP contribution in [-0.4, -0.2) is 55.8 Å². The summed E-state index contributed by atoms with van der Waals surface area (Å²) >= 11 is 0. The highest BCUT2D eigenvalue weighted by Crippen LogP contribution is 2.10. The van der Waals surface area contributed by atoms with Gasteiger partial charge in [0, 0.05) is 33.2 Å². The van der Waals surface area contributed by atoms with Crippen molar-refractivity contribution < 1.29 is 9.53 Å². The number of hydrogen-bond acceptors (Lipinski definition) is 3. The Bertz CT molecular complexity index is 438. The highest BCUT2D eigenvalue weighted by molar-refractivity contribution is 14.0. The summed E-state index contributed by atoms with van der Waals surface area (Å²) in [5.41, 5.74) is -0.464. The third-order valence-electron chi connectivity index (χ3n) is 3.48. The van der Waals surface area contributed by atoms with Gasteiger partial charge in [0.2, 0.25) is 0 Å². The molecule has 1 amide bonds. The SMILES string of the molecule is CN=C(NCC(C)CN(C)C(=O)OC(C)(C)C)NC1CC=CC1.I. The van der Waals surface area contributed by atoms with Crippen molar-refractivity contribution in [3.05, 3.63) is 12.2 Å². The smallest absolute Gasteiger partial charge is 0.410 e. The zero-order valence-corrected chi connectivity index (χ0v) is 18.1. The number of aliphatic imine (C=N–C) groups is 1. The van der Waals surface area contributed by atoms with Crippen molar-refractivity contribution in [2.45, 2.75) is 52.2 Å². The van der Waals surface area contributed by atoms with E-state index in [0.29, 0.717) is 12.6 Å². The van der Waals surface area contributed by atoms with Crippen LogP contribution >= 0.6 is 24.0 Å². The largest absolute Gasteiger partial charge is 0.444 e. The molecule has 0 aromatic heterocycles. The monoisotopic (exact) mass is 452 g/mol. The number of carbonyl (C=O) groups is 1. The van der Waals surface area contributed by atoms with Crippen molar-refractivity contribution in [1.82, 2.24) is 15.5 Å². The molecule has 0 saturated carbocycles. The lowest BCUT2D eigenvalue weighted by atomic mass is 10.1. The summed E-state index contributed by atoms with van der Waals surface area (Å²) in [6.45, 7) is 9.08. The molecule has 7 heteroatoms. The Kier molecular flexibility index (Phi) is 10.3. The Labute approximate surface area is 163 Å². The lowest BCUT2D eigenvalue weighted by Gasteiger charge is -2.27. The molecule has 0 radical (unpaired) electrons. The fraction of sp³-hybridized carbons (Fsp3) is 0.765. The fourth-order valence-corrected chi connectivity index (χ4v) is 2.34. The van der Waals surface area contributed by atoms with E-state index in [2.05, 4.69) is 34.7 Å². The molecule has 1 aliphatic rings. The molecule has 140 valence electrons. The molecule has 0 heterocycles. The van der Waals surface area contributed by atoms with Crippen LogP contribution in [0.1, 0.15) is 40.5 Å². The van der Waals surface area contributed by atoms with E-state index in [0.717, 1.165) is 25.3 Å². The number of hydrogen-bond donors (Lipinski definition) is 2. The van der Waals surface area contributed by atoms with Gasteiger partial charge in [-0.05, 0) is 39.5 Å². The number of halogens is 1. The van der Waals surface area contributed by atoms with E-state index in [1.807, 2.05) is 20.8 Å². The Morgan fingerprint density at radius 3 is 2.46 bits per heavy atom. The van der Waals surface area contributed by atoms with E-state index in [4.69, 9.17) is 4.74 Å². The zero-order chi connectivity index (χ0) is 17.5. The number of nitrogens with zero attached hydrogens (tertiary/aromatic N) is 2. The molecule has 1 rings (SSSR count). The minimum absolute atomic E-state index is 0. The molecule has 0 bridgehead atoms. The molecule has 24 heavy (non-hydrogen) atoms. The van der Waals surface area contributed by atoms with E-state index in [-0.39, 0.29) is 36.0 Å². The van der Waals surface area contributed by atoms with Gasteiger partial charge in [-0.15, -0.1) is 24.0 Å². The first-order valence-corrected chi connectivity index (χ1v) is 8.27. The summed E-state index contributed by atoms with van der Waals surface area (Å²) in [5.74, 6) is 1.10. The number of rotatable bonds is 5. The normalized spacial score (nSPS) is 16.3. The van der Waals surface area contributed by atoms with Gasteiger partial charge in [0.15, 0.2) is 5.96 Å². The van der Waals surface area contributed by atoms with Crippen molar-refractivity contribution in [1.29, 1.82) is 0 Å². The summed E-state index contributed by atoms with van der Waals surface area (Å²) in [5, 5.41) is 6.72. The van der Waals surface area contributed by atoms with E-state index in [1.165, 1.54) is 0 Å². The highest BCUT2D eigenvalue weighted by atomic mass is 127. The van der Waals surface area contributed by atoms with Crippen LogP contribution in [-0.2, 0) is 4.74 Å². The average molecular weight is 452 g/mol. The van der Waals surface area contributed by atoms with Crippen LogP contribution in [0.15, 0.2) is 17.1 Å². The van der Waals surface area contributed by atoms with E-state index < -0.39 is 5.60 Å². The average Bonchev–Trinajstić information content (AvgIpc) is 2.94. The van der Waals surface area contributed by atoms with Crippen LogP contribution < -0.4 is 10.6 Å². The predicted molar refractivity (Wildman–Crippen MR) is 110 cm³/mol. The topological polar surface area (TPSA) is 66.0 Å². The minimum Gasteiger partial charge on any atom is -0.444 e. The van der Waals surface area contributed by atoms with Crippen molar-refractivity contribution in [3.63, 3.8) is 0 Å². The van der Waals surface area contributed by atoms with Gasteiger partial charge in [-0.25, -0.2) is 4.79 Å². The maximum Gasteiger partial charge on any atom is 0.410 e. The van der Waals surface area contributed by atoms with Crippen molar-refractivity contribution in [2.24, 2.45) is 10.9 Å². The first kappa shape index (κ1) is 23.0. The summed E-state index contributed by atoms with van der Waals surface area (Å²) in [7, 11) is 3.54. The third-order valence-corrected chi connectivity index (χ3v) is 3.48. The van der Waals surface area contributed by atoms with Gasteiger partial charge in [0.1, 0.15) is 5.60 Å². The predicted octanol–water partition coefficient (Wildman–Crippen LogP) is 2.99. The maximum absolute atomic E-state index is 12.0. The summed E-state index contributed by atoms with van der Waals surface area (Å²) in [6, 6.07) is 0.431. The number of nitrogens with one attached hydrogen (secondary N) is 2. The van der Waals surface area contributed by atoms with Crippen molar-refractivity contribution in [3.8, 4) is 0 Å². The Morgan fingerprint density at radius 1 is 1.38 bits per heavy atom. The lowest BCUT2D eigenvalue weighted by molar-refractivity contribution is 0.0278. The minimum atomic E-state index is -0.464. The highest BCUT2D eigenvalue weighted by Gasteiger charge is 2.21. The molecule has 1 unspecified atom stereocenters. The molecule has 1 aliphatic carbocycles. The molecule has 2 N–H and O–H groups in total. The zero-order valence-electron chi connectivity index (χ0n) is 15.8. The van der Waals surface area contributed by atoms with E-state index in [9.17, 15) is 4.79 Å². The van der Waals surface area contributed by atoms with Gasteiger partial charge >= 0.3 is 6.09 Å². The second-order valence-corrected chi connectivity index (χ2v) is 7.20. The maximum atomic E-state index is 12.0. The standard InChI is InChI=1S/C17H32N4O2.HI/c1-13(12-21(6)16(22)23-17(2,3)4)11-19-15(18-5)20-14-9-7-8-10-14;/h7-8,13-14H,9-12H2,1-6H3,(H2,18,19,20);1H. The number of guanidine groups is 1. The van der Waals surface area contributed by atoms with Crippen LogP contribution in [0.2, 0.25) is 0 Å². The van der Waals surface area contributed by atoms with E-state index in [1.54, 1.807) is 19.0 Å². The number of ether oxygens (including phenoxy) is 1. The van der Waals surface area contributed by atoms with Crippen LogP contribution in [0.5, 0.6) is 0 Å².